The predicted octanol–water partition coefficient (Wildman–Crippen LogP) is 4.48. The van der Waals surface area contributed by atoms with E-state index in [1.54, 1.807) is 10.8 Å². The van der Waals surface area contributed by atoms with Gasteiger partial charge in [-0.2, -0.15) is 5.21 Å². The largest absolute Gasteiger partial charge is 0.334 e. The Labute approximate surface area is 209 Å². The summed E-state index contributed by atoms with van der Waals surface area (Å²) in [5.41, 5.74) is 4.73. The Morgan fingerprint density at radius 2 is 1.83 bits per heavy atom. The third kappa shape index (κ3) is 4.51. The van der Waals surface area contributed by atoms with Gasteiger partial charge in [0, 0.05) is 42.6 Å². The van der Waals surface area contributed by atoms with Crippen LogP contribution in [0.25, 0.3) is 28.3 Å². The summed E-state index contributed by atoms with van der Waals surface area (Å²) in [5.74, 6) is 1.43. The van der Waals surface area contributed by atoms with E-state index >= 15 is 0 Å². The van der Waals surface area contributed by atoms with Crippen molar-refractivity contribution in [1.82, 2.24) is 39.3 Å². The zero-order valence-corrected chi connectivity index (χ0v) is 20.6. The van der Waals surface area contributed by atoms with Gasteiger partial charge in [-0.1, -0.05) is 51.0 Å². The Balaban J connectivity index is 1.58. The van der Waals surface area contributed by atoms with Gasteiger partial charge in [-0.3, -0.25) is 14.1 Å². The average molecular weight is 483 g/mol. The number of pyridine rings is 1. The lowest BCUT2D eigenvalue weighted by molar-refractivity contribution is 0.614. The lowest BCUT2D eigenvalue weighted by Gasteiger charge is -2.13. The number of unbranched alkanes of at least 4 members (excludes halogenated alkanes) is 1. The lowest BCUT2D eigenvalue weighted by atomic mass is 9.96. The molecular formula is C27H30N8O. The van der Waals surface area contributed by atoms with Crippen LogP contribution in [-0.2, 0) is 19.5 Å². The molecule has 9 nitrogen and oxygen atoms in total. The van der Waals surface area contributed by atoms with Crippen molar-refractivity contribution in [3.05, 3.63) is 89.0 Å². The van der Waals surface area contributed by atoms with Gasteiger partial charge in [0.1, 0.15) is 5.82 Å². The first-order valence-corrected chi connectivity index (χ1v) is 12.4. The molecule has 0 amide bonds. The fourth-order valence-corrected chi connectivity index (χ4v) is 4.63. The van der Waals surface area contributed by atoms with Gasteiger partial charge in [0.25, 0.3) is 0 Å². The molecule has 0 bridgehead atoms. The highest BCUT2D eigenvalue weighted by Crippen LogP contribution is 2.32. The molecule has 184 valence electrons. The van der Waals surface area contributed by atoms with Crippen LogP contribution in [0, 0.1) is 0 Å². The number of benzene rings is 1. The van der Waals surface area contributed by atoms with E-state index in [0.29, 0.717) is 12.4 Å². The molecule has 0 saturated carbocycles. The van der Waals surface area contributed by atoms with E-state index in [-0.39, 0.29) is 5.69 Å². The van der Waals surface area contributed by atoms with Crippen LogP contribution < -0.4 is 5.69 Å². The summed E-state index contributed by atoms with van der Waals surface area (Å²) in [7, 11) is 0. The number of tetrazole rings is 1. The molecule has 1 N–H and O–H groups in total. The molecule has 0 atom stereocenters. The van der Waals surface area contributed by atoms with Crippen LogP contribution in [-0.4, -0.2) is 39.3 Å². The van der Waals surface area contributed by atoms with Crippen molar-refractivity contribution >= 4 is 0 Å². The number of aromatic amines is 1. The molecule has 36 heavy (non-hydrogen) atoms. The highest BCUT2D eigenvalue weighted by atomic mass is 16.1. The maximum atomic E-state index is 13.8. The van der Waals surface area contributed by atoms with Gasteiger partial charge in [0.15, 0.2) is 0 Å². The highest BCUT2D eigenvalue weighted by molar-refractivity contribution is 5.81. The van der Waals surface area contributed by atoms with Crippen molar-refractivity contribution in [2.75, 3.05) is 0 Å². The Bertz CT molecular complexity index is 1490. The van der Waals surface area contributed by atoms with Crippen molar-refractivity contribution in [2.24, 2.45) is 0 Å². The minimum atomic E-state index is -0.0452. The van der Waals surface area contributed by atoms with Gasteiger partial charge < -0.3 is 4.57 Å². The number of H-pyrrole nitrogens is 1. The Morgan fingerprint density at radius 3 is 2.61 bits per heavy atom. The third-order valence-corrected chi connectivity index (χ3v) is 6.41. The number of aryl methyl sites for hydroxylation is 2. The SMILES string of the molecule is CCCCn1cccc1-n1cc(CCC)n(Cc2cnccc2-c2ccccc2-c2nn[nH]n2)c1=O. The number of aromatic nitrogens is 8. The van der Waals surface area contributed by atoms with Crippen molar-refractivity contribution in [3.8, 4) is 28.3 Å². The van der Waals surface area contributed by atoms with Crippen molar-refractivity contribution in [2.45, 2.75) is 52.6 Å². The van der Waals surface area contributed by atoms with Crippen molar-refractivity contribution < 1.29 is 0 Å². The van der Waals surface area contributed by atoms with E-state index in [9.17, 15) is 4.79 Å². The van der Waals surface area contributed by atoms with Gasteiger partial charge in [-0.25, -0.2) is 4.79 Å². The summed E-state index contributed by atoms with van der Waals surface area (Å²) >= 11 is 0. The number of hydrogen-bond acceptors (Lipinski definition) is 5. The molecule has 0 radical (unpaired) electrons. The van der Waals surface area contributed by atoms with Crippen LogP contribution >= 0.6 is 0 Å². The van der Waals surface area contributed by atoms with E-state index < -0.39 is 0 Å². The van der Waals surface area contributed by atoms with Gasteiger partial charge in [0.05, 0.1) is 6.54 Å². The maximum absolute atomic E-state index is 13.8. The second-order valence-corrected chi connectivity index (χ2v) is 8.84. The summed E-state index contributed by atoms with van der Waals surface area (Å²) in [6.07, 6.45) is 11.6. The molecule has 4 heterocycles. The molecule has 0 unspecified atom stereocenters. The van der Waals surface area contributed by atoms with E-state index in [0.717, 1.165) is 66.0 Å². The molecule has 1 aromatic carbocycles. The molecule has 0 aliphatic rings. The fraction of sp³-hybridized carbons (Fsp3) is 0.296. The quantitative estimate of drug-likeness (QED) is 0.316. The molecule has 5 aromatic rings. The van der Waals surface area contributed by atoms with Crippen LogP contribution in [0.5, 0.6) is 0 Å². The monoisotopic (exact) mass is 482 g/mol. The molecule has 4 aromatic heterocycles. The topological polar surface area (TPSA) is 99.2 Å². The van der Waals surface area contributed by atoms with Gasteiger partial charge in [-0.15, -0.1) is 10.2 Å². The fourth-order valence-electron chi connectivity index (χ4n) is 4.63. The van der Waals surface area contributed by atoms with Gasteiger partial charge in [0.2, 0.25) is 5.82 Å². The standard InChI is InChI=1S/C27H30N8O/c1-3-5-15-33-16-8-12-25(33)35-19-21(9-4-2)34(27(35)36)18-20-17-28-14-13-22(20)23-10-6-7-11-24(23)26-29-31-32-30-26/h6-8,10-14,16-17,19H,3-5,9,15,18H2,1-2H3,(H,29,30,31,32). The molecule has 0 aliphatic carbocycles. The first-order chi connectivity index (χ1) is 17.7. The van der Waals surface area contributed by atoms with Crippen LogP contribution in [0.4, 0.5) is 0 Å². The zero-order chi connectivity index (χ0) is 24.9. The van der Waals surface area contributed by atoms with Crippen LogP contribution in [0.1, 0.15) is 44.4 Å². The molecule has 0 fully saturated rings. The minimum absolute atomic E-state index is 0.0452. The lowest BCUT2D eigenvalue weighted by Crippen LogP contribution is -2.26. The summed E-state index contributed by atoms with van der Waals surface area (Å²) in [6, 6.07) is 13.9. The maximum Gasteiger partial charge on any atom is 0.334 e. The molecule has 9 heteroatoms. The number of nitrogens with one attached hydrogen (secondary N) is 1. The summed E-state index contributed by atoms with van der Waals surface area (Å²) in [6.45, 7) is 5.61. The molecule has 0 spiro atoms. The number of rotatable bonds is 10. The third-order valence-electron chi connectivity index (χ3n) is 6.41. The zero-order valence-electron chi connectivity index (χ0n) is 20.6. The normalized spacial score (nSPS) is 11.3. The Hall–Kier alpha value is -4.27. The molecule has 0 saturated heterocycles. The smallest absolute Gasteiger partial charge is 0.334 e. The number of imidazole rings is 1. The number of hydrogen-bond donors (Lipinski definition) is 1. The van der Waals surface area contributed by atoms with Crippen LogP contribution in [0.2, 0.25) is 0 Å². The van der Waals surface area contributed by atoms with E-state index in [2.05, 4.69) is 44.0 Å². The first kappa shape index (κ1) is 23.5. The van der Waals surface area contributed by atoms with Crippen LogP contribution in [0.3, 0.4) is 0 Å². The molecule has 5 rings (SSSR count). The predicted molar refractivity (Wildman–Crippen MR) is 139 cm³/mol. The second kappa shape index (κ2) is 10.6. The average Bonchev–Trinajstić information content (AvgIpc) is 3.66. The van der Waals surface area contributed by atoms with Gasteiger partial charge >= 0.3 is 5.69 Å². The minimum Gasteiger partial charge on any atom is -0.334 e. The summed E-state index contributed by atoms with van der Waals surface area (Å²) in [4.78, 5) is 18.1. The van der Waals surface area contributed by atoms with Crippen molar-refractivity contribution in [3.63, 3.8) is 0 Å². The summed E-state index contributed by atoms with van der Waals surface area (Å²) in [5, 5.41) is 14.6. The Morgan fingerprint density at radius 1 is 0.972 bits per heavy atom. The van der Waals surface area contributed by atoms with E-state index in [1.165, 1.54) is 0 Å². The first-order valence-electron chi connectivity index (χ1n) is 12.4. The van der Waals surface area contributed by atoms with Crippen molar-refractivity contribution in [1.29, 1.82) is 0 Å². The van der Waals surface area contributed by atoms with E-state index in [4.69, 9.17) is 0 Å². The Kier molecular flexibility index (Phi) is 6.88. The van der Waals surface area contributed by atoms with E-state index in [1.807, 2.05) is 65.6 Å². The van der Waals surface area contributed by atoms with Gasteiger partial charge in [-0.05, 0) is 52.9 Å². The number of nitrogens with zero attached hydrogens (tertiary/aromatic N) is 7. The van der Waals surface area contributed by atoms with Crippen LogP contribution in [0.15, 0.2) is 72.0 Å². The molecule has 0 aliphatic heterocycles. The molecular weight excluding hydrogens is 452 g/mol. The second-order valence-electron chi connectivity index (χ2n) is 8.84. The highest BCUT2D eigenvalue weighted by Gasteiger charge is 2.18. The summed E-state index contributed by atoms with van der Waals surface area (Å²) < 4.78 is 5.81.